The van der Waals surface area contributed by atoms with Crippen molar-refractivity contribution >= 4 is 21.5 Å². The van der Waals surface area contributed by atoms with Gasteiger partial charge in [-0.2, -0.15) is 0 Å². The first-order valence-electron chi connectivity index (χ1n) is 6.70. The lowest BCUT2D eigenvalue weighted by Crippen LogP contribution is -1.91. The Bertz CT molecular complexity index is 734. The van der Waals surface area contributed by atoms with E-state index in [-0.39, 0.29) is 0 Å². The average molecular weight is 266 g/mol. The van der Waals surface area contributed by atoms with Crippen molar-refractivity contribution in [1.29, 1.82) is 0 Å². The molecule has 0 heterocycles. The van der Waals surface area contributed by atoms with E-state index in [0.29, 0.717) is 0 Å². The number of ether oxygens (including phenoxy) is 2. The minimum absolute atomic E-state index is 0.896. The van der Waals surface area contributed by atoms with Crippen LogP contribution in [-0.2, 0) is 0 Å². The van der Waals surface area contributed by atoms with E-state index < -0.39 is 0 Å². The predicted octanol–water partition coefficient (Wildman–Crippen LogP) is 4.63. The van der Waals surface area contributed by atoms with Gasteiger partial charge in [-0.1, -0.05) is 12.1 Å². The third kappa shape index (κ3) is 1.80. The maximum Gasteiger partial charge on any atom is 0.119 e. The van der Waals surface area contributed by atoms with Crippen LogP contribution in [0.25, 0.3) is 21.5 Å². The Balaban J connectivity index is 2.46. The van der Waals surface area contributed by atoms with Crippen LogP contribution in [0, 0.1) is 13.8 Å². The van der Waals surface area contributed by atoms with E-state index in [2.05, 4.69) is 38.1 Å². The Labute approximate surface area is 118 Å². The van der Waals surface area contributed by atoms with Crippen molar-refractivity contribution in [3.63, 3.8) is 0 Å². The summed E-state index contributed by atoms with van der Waals surface area (Å²) in [6.07, 6.45) is 0. The van der Waals surface area contributed by atoms with Gasteiger partial charge in [-0.15, -0.1) is 0 Å². The van der Waals surface area contributed by atoms with Crippen LogP contribution in [0.4, 0.5) is 0 Å². The molecule has 0 spiro atoms. The highest BCUT2D eigenvalue weighted by molar-refractivity contribution is 6.06. The second-order valence-electron chi connectivity index (χ2n) is 5.07. The minimum Gasteiger partial charge on any atom is -0.497 e. The summed E-state index contributed by atoms with van der Waals surface area (Å²) in [6, 6.07) is 12.5. The first-order valence-corrected chi connectivity index (χ1v) is 6.70. The van der Waals surface area contributed by atoms with Crippen molar-refractivity contribution in [2.75, 3.05) is 14.2 Å². The Kier molecular flexibility index (Phi) is 3.01. The molecule has 0 unspecified atom stereocenters. The summed E-state index contributed by atoms with van der Waals surface area (Å²) in [6.45, 7) is 4.33. The molecule has 3 aromatic rings. The molecule has 0 saturated carbocycles. The smallest absolute Gasteiger partial charge is 0.119 e. The lowest BCUT2D eigenvalue weighted by atomic mass is 9.93. The molecule has 0 aliphatic heterocycles. The van der Waals surface area contributed by atoms with Crippen LogP contribution in [-0.4, -0.2) is 14.2 Å². The molecule has 0 N–H and O–H groups in total. The first kappa shape index (κ1) is 12.8. The van der Waals surface area contributed by atoms with Crippen molar-refractivity contribution in [3.05, 3.63) is 47.5 Å². The Morgan fingerprint density at radius 2 is 1.00 bits per heavy atom. The average Bonchev–Trinajstić information content (AvgIpc) is 2.51. The number of rotatable bonds is 2. The van der Waals surface area contributed by atoms with Crippen LogP contribution in [0.1, 0.15) is 11.1 Å². The largest absolute Gasteiger partial charge is 0.497 e. The van der Waals surface area contributed by atoms with E-state index in [1.54, 1.807) is 14.2 Å². The number of hydrogen-bond donors (Lipinski definition) is 0. The van der Waals surface area contributed by atoms with Crippen molar-refractivity contribution < 1.29 is 9.47 Å². The number of benzene rings is 3. The van der Waals surface area contributed by atoms with Crippen molar-refractivity contribution in [2.24, 2.45) is 0 Å². The van der Waals surface area contributed by atoms with Gasteiger partial charge in [0.05, 0.1) is 14.2 Å². The molecule has 0 aliphatic rings. The van der Waals surface area contributed by atoms with Gasteiger partial charge in [-0.05, 0) is 70.8 Å². The molecular weight excluding hydrogens is 248 g/mol. The summed E-state index contributed by atoms with van der Waals surface area (Å²) >= 11 is 0. The summed E-state index contributed by atoms with van der Waals surface area (Å²) in [5.41, 5.74) is 2.56. The summed E-state index contributed by atoms with van der Waals surface area (Å²) < 4.78 is 10.7. The zero-order valence-electron chi connectivity index (χ0n) is 12.3. The lowest BCUT2D eigenvalue weighted by molar-refractivity contribution is 0.415. The maximum atomic E-state index is 5.35. The number of fused-ring (bicyclic) bond motifs is 2. The third-order valence-electron chi connectivity index (χ3n) is 4.07. The van der Waals surface area contributed by atoms with E-state index in [1.807, 2.05) is 12.1 Å². The summed E-state index contributed by atoms with van der Waals surface area (Å²) in [5.74, 6) is 1.79. The highest BCUT2D eigenvalue weighted by Crippen LogP contribution is 2.35. The Morgan fingerprint density at radius 1 is 0.600 bits per heavy atom. The van der Waals surface area contributed by atoms with E-state index in [4.69, 9.17) is 9.47 Å². The molecule has 0 aromatic heterocycles. The fraction of sp³-hybridized carbons (Fsp3) is 0.222. The van der Waals surface area contributed by atoms with Gasteiger partial charge < -0.3 is 9.47 Å². The Morgan fingerprint density at radius 3 is 1.35 bits per heavy atom. The second-order valence-corrected chi connectivity index (χ2v) is 5.07. The predicted molar refractivity (Wildman–Crippen MR) is 84.0 cm³/mol. The molecule has 0 radical (unpaired) electrons. The van der Waals surface area contributed by atoms with Gasteiger partial charge in [0.15, 0.2) is 0 Å². The van der Waals surface area contributed by atoms with E-state index in [1.165, 1.54) is 32.7 Å². The molecule has 0 aliphatic carbocycles. The molecule has 0 bridgehead atoms. The number of aryl methyl sites for hydroxylation is 2. The zero-order valence-corrected chi connectivity index (χ0v) is 12.3. The highest BCUT2D eigenvalue weighted by atomic mass is 16.5. The molecule has 0 saturated heterocycles. The van der Waals surface area contributed by atoms with Crippen LogP contribution >= 0.6 is 0 Å². The van der Waals surface area contributed by atoms with Gasteiger partial charge in [0.25, 0.3) is 0 Å². The highest BCUT2D eigenvalue weighted by Gasteiger charge is 2.10. The quantitative estimate of drug-likeness (QED) is 0.630. The SMILES string of the molecule is COc1ccc2c(C)c3cc(OC)ccc3c(C)c2c1. The number of hydrogen-bond acceptors (Lipinski definition) is 2. The lowest BCUT2D eigenvalue weighted by Gasteiger charge is -2.14. The first-order chi connectivity index (χ1) is 9.65. The molecular formula is C18H18O2. The zero-order chi connectivity index (χ0) is 14.3. The third-order valence-corrected chi connectivity index (χ3v) is 4.07. The topological polar surface area (TPSA) is 18.5 Å². The van der Waals surface area contributed by atoms with Crippen LogP contribution in [0.15, 0.2) is 36.4 Å². The molecule has 102 valence electrons. The van der Waals surface area contributed by atoms with E-state index in [9.17, 15) is 0 Å². The van der Waals surface area contributed by atoms with Crippen LogP contribution < -0.4 is 9.47 Å². The van der Waals surface area contributed by atoms with Crippen molar-refractivity contribution in [1.82, 2.24) is 0 Å². The van der Waals surface area contributed by atoms with Crippen LogP contribution in [0.3, 0.4) is 0 Å². The van der Waals surface area contributed by atoms with Crippen molar-refractivity contribution in [2.45, 2.75) is 13.8 Å². The van der Waals surface area contributed by atoms with E-state index >= 15 is 0 Å². The summed E-state index contributed by atoms with van der Waals surface area (Å²) in [4.78, 5) is 0. The molecule has 0 atom stereocenters. The molecule has 0 amide bonds. The molecule has 2 nitrogen and oxygen atoms in total. The maximum absolute atomic E-state index is 5.35. The van der Waals surface area contributed by atoms with Crippen LogP contribution in [0.2, 0.25) is 0 Å². The second kappa shape index (κ2) is 4.71. The van der Waals surface area contributed by atoms with Gasteiger partial charge in [-0.25, -0.2) is 0 Å². The summed E-state index contributed by atoms with van der Waals surface area (Å²) in [5, 5.41) is 5.03. The van der Waals surface area contributed by atoms with Gasteiger partial charge in [0.1, 0.15) is 11.5 Å². The van der Waals surface area contributed by atoms with Gasteiger partial charge in [-0.3, -0.25) is 0 Å². The van der Waals surface area contributed by atoms with Crippen molar-refractivity contribution in [3.8, 4) is 11.5 Å². The number of methoxy groups -OCH3 is 2. The van der Waals surface area contributed by atoms with Gasteiger partial charge >= 0.3 is 0 Å². The van der Waals surface area contributed by atoms with Gasteiger partial charge in [0, 0.05) is 0 Å². The van der Waals surface area contributed by atoms with Crippen LogP contribution in [0.5, 0.6) is 11.5 Å². The van der Waals surface area contributed by atoms with Gasteiger partial charge in [0.2, 0.25) is 0 Å². The fourth-order valence-electron chi connectivity index (χ4n) is 2.87. The fourth-order valence-corrected chi connectivity index (χ4v) is 2.87. The van der Waals surface area contributed by atoms with E-state index in [0.717, 1.165) is 11.5 Å². The Hall–Kier alpha value is -2.22. The normalized spacial score (nSPS) is 11.0. The molecule has 2 heteroatoms. The standard InChI is InChI=1S/C18H18O2/c1-11-15-7-5-14(20-4)10-18(15)12(2)16-8-6-13(19-3)9-17(11)16/h5-10H,1-4H3. The molecule has 0 fully saturated rings. The molecule has 20 heavy (non-hydrogen) atoms. The molecule has 3 rings (SSSR count). The molecule has 3 aromatic carbocycles. The monoisotopic (exact) mass is 266 g/mol. The minimum atomic E-state index is 0.896. The summed E-state index contributed by atoms with van der Waals surface area (Å²) in [7, 11) is 3.41.